The molecule has 15 heteroatoms. The van der Waals surface area contributed by atoms with Crippen LogP contribution in [0.25, 0.3) is 11.4 Å². The van der Waals surface area contributed by atoms with Gasteiger partial charge in [0.2, 0.25) is 5.91 Å². The molecule has 1 unspecified atom stereocenters. The number of amides is 3. The van der Waals surface area contributed by atoms with Crippen molar-refractivity contribution in [3.8, 4) is 17.1 Å². The van der Waals surface area contributed by atoms with E-state index in [9.17, 15) is 28.9 Å². The molecule has 2 aliphatic rings. The third-order valence-electron chi connectivity index (χ3n) is 7.65. The van der Waals surface area contributed by atoms with E-state index in [2.05, 4.69) is 10.3 Å². The first-order valence-corrected chi connectivity index (χ1v) is 16.2. The van der Waals surface area contributed by atoms with Crippen molar-refractivity contribution in [2.45, 2.75) is 18.6 Å². The minimum atomic E-state index is -4.47. The summed E-state index contributed by atoms with van der Waals surface area (Å²) in [5, 5.41) is 11.9. The SMILES string of the molecule is CO[C@H]1CCN(c2cc(C(=O)N[C@@H](CP(=O)(O)Oc3ccccc3)C(=O)N3CCN(C(=O)O)CC3)nc(-c3ccccc3)n2)C1. The Morgan fingerprint density at radius 2 is 1.62 bits per heavy atom. The van der Waals surface area contributed by atoms with Gasteiger partial charge in [0.25, 0.3) is 5.91 Å². The van der Waals surface area contributed by atoms with Crippen LogP contribution in [0.2, 0.25) is 0 Å². The standard InChI is InChI=1S/C30H35N6O8P/c1-43-23-12-13-36(19-23)26-18-24(31-27(33-26)21-8-4-2-5-9-21)28(37)32-25(20-45(41,42)44-22-10-6-3-7-11-22)29(38)34-14-16-35(17-15-34)30(39)40/h2-11,18,23,25H,12-17,19-20H2,1H3,(H,32,37)(H,39,40)(H,41,42)/t23-,25-/m0/s1. The highest BCUT2D eigenvalue weighted by molar-refractivity contribution is 7.53. The lowest BCUT2D eigenvalue weighted by molar-refractivity contribution is -0.134. The Balaban J connectivity index is 1.43. The van der Waals surface area contributed by atoms with Crippen LogP contribution in [0.3, 0.4) is 0 Å². The maximum atomic E-state index is 13.8. The van der Waals surface area contributed by atoms with Gasteiger partial charge in [0, 0.05) is 58.0 Å². The van der Waals surface area contributed by atoms with Crippen molar-refractivity contribution in [1.29, 1.82) is 0 Å². The van der Waals surface area contributed by atoms with Gasteiger partial charge in [-0.25, -0.2) is 19.3 Å². The number of rotatable bonds is 10. The van der Waals surface area contributed by atoms with Gasteiger partial charge in [-0.2, -0.15) is 0 Å². The van der Waals surface area contributed by atoms with Gasteiger partial charge < -0.3 is 39.3 Å². The van der Waals surface area contributed by atoms with E-state index in [1.165, 1.54) is 28.0 Å². The second-order valence-corrected chi connectivity index (χ2v) is 12.6. The van der Waals surface area contributed by atoms with E-state index in [-0.39, 0.29) is 43.7 Å². The third kappa shape index (κ3) is 8.15. The largest absolute Gasteiger partial charge is 0.465 e. The number of ether oxygens (including phenoxy) is 1. The zero-order valence-corrected chi connectivity index (χ0v) is 25.6. The van der Waals surface area contributed by atoms with Crippen molar-refractivity contribution in [1.82, 2.24) is 25.1 Å². The number of carboxylic acid groups (broad SMARTS) is 1. The van der Waals surface area contributed by atoms with Gasteiger partial charge in [-0.1, -0.05) is 48.5 Å². The summed E-state index contributed by atoms with van der Waals surface area (Å²) in [6.45, 7) is 1.45. The zero-order valence-electron chi connectivity index (χ0n) is 24.7. The molecule has 3 heterocycles. The Kier molecular flexibility index (Phi) is 9.96. The van der Waals surface area contributed by atoms with Crippen LogP contribution in [0, 0.1) is 0 Å². The van der Waals surface area contributed by atoms with E-state index < -0.39 is 37.7 Å². The topological polar surface area (TPSA) is 175 Å². The summed E-state index contributed by atoms with van der Waals surface area (Å²) in [6, 6.07) is 17.2. The van der Waals surface area contributed by atoms with Crippen LogP contribution >= 0.6 is 7.60 Å². The number of nitrogens with zero attached hydrogens (tertiary/aromatic N) is 5. The van der Waals surface area contributed by atoms with Gasteiger partial charge in [0.1, 0.15) is 23.3 Å². The van der Waals surface area contributed by atoms with Gasteiger partial charge in [0.15, 0.2) is 5.82 Å². The number of nitrogens with one attached hydrogen (secondary N) is 1. The molecule has 2 aliphatic heterocycles. The fourth-order valence-electron chi connectivity index (χ4n) is 5.23. The first-order valence-electron chi connectivity index (χ1n) is 14.5. The number of para-hydroxylation sites is 1. The number of carbonyl (C=O) groups excluding carboxylic acids is 2. The number of methoxy groups -OCH3 is 1. The van der Waals surface area contributed by atoms with Gasteiger partial charge in [-0.05, 0) is 18.6 Å². The van der Waals surface area contributed by atoms with E-state index in [1.54, 1.807) is 25.3 Å². The maximum Gasteiger partial charge on any atom is 0.407 e. The number of anilines is 1. The van der Waals surface area contributed by atoms with Crippen LogP contribution in [0.5, 0.6) is 5.75 Å². The summed E-state index contributed by atoms with van der Waals surface area (Å²) in [5.74, 6) is -0.461. The van der Waals surface area contributed by atoms with Crippen LogP contribution in [0.1, 0.15) is 16.9 Å². The molecule has 45 heavy (non-hydrogen) atoms. The second kappa shape index (κ2) is 14.1. The first kappa shape index (κ1) is 31.9. The molecular formula is C30H35N6O8P. The molecule has 2 saturated heterocycles. The van der Waals surface area contributed by atoms with Crippen LogP contribution in [-0.2, 0) is 14.1 Å². The molecule has 0 spiro atoms. The van der Waals surface area contributed by atoms with Gasteiger partial charge in [0.05, 0.1) is 12.3 Å². The van der Waals surface area contributed by atoms with Crippen molar-refractivity contribution in [3.05, 3.63) is 72.4 Å². The van der Waals surface area contributed by atoms with E-state index >= 15 is 0 Å². The molecule has 3 N–H and O–H groups in total. The molecular weight excluding hydrogens is 603 g/mol. The summed E-state index contributed by atoms with van der Waals surface area (Å²) < 4.78 is 24.1. The summed E-state index contributed by atoms with van der Waals surface area (Å²) in [6.07, 6.45) is -1.05. The molecule has 0 bridgehead atoms. The van der Waals surface area contributed by atoms with Crippen molar-refractivity contribution in [2.75, 3.05) is 57.4 Å². The van der Waals surface area contributed by atoms with Crippen molar-refractivity contribution in [2.24, 2.45) is 0 Å². The number of hydrogen-bond acceptors (Lipinski definition) is 9. The third-order valence-corrected chi connectivity index (χ3v) is 8.97. The lowest BCUT2D eigenvalue weighted by atomic mass is 10.2. The Bertz CT molecular complexity index is 1550. The average Bonchev–Trinajstić information content (AvgIpc) is 3.54. The van der Waals surface area contributed by atoms with E-state index in [1.807, 2.05) is 35.2 Å². The van der Waals surface area contributed by atoms with E-state index in [0.29, 0.717) is 30.3 Å². The fraction of sp³-hybridized carbons (Fsp3) is 0.367. The summed E-state index contributed by atoms with van der Waals surface area (Å²) in [7, 11) is -2.83. The van der Waals surface area contributed by atoms with Crippen molar-refractivity contribution < 1.29 is 38.2 Å². The Morgan fingerprint density at radius 3 is 2.24 bits per heavy atom. The molecule has 1 aromatic heterocycles. The van der Waals surface area contributed by atoms with Gasteiger partial charge in [-0.3, -0.25) is 9.59 Å². The molecule has 0 radical (unpaired) electrons. The molecule has 14 nitrogen and oxygen atoms in total. The summed E-state index contributed by atoms with van der Waals surface area (Å²) in [5.41, 5.74) is 0.640. The number of benzene rings is 2. The molecule has 5 rings (SSSR count). The molecule has 238 valence electrons. The number of hydrogen-bond donors (Lipinski definition) is 3. The van der Waals surface area contributed by atoms with Crippen LogP contribution < -0.4 is 14.7 Å². The number of aromatic nitrogens is 2. The molecule has 3 atom stereocenters. The maximum absolute atomic E-state index is 13.8. The van der Waals surface area contributed by atoms with Crippen LogP contribution in [0.15, 0.2) is 66.7 Å². The molecule has 3 amide bonds. The predicted octanol–water partition coefficient (Wildman–Crippen LogP) is 2.55. The van der Waals surface area contributed by atoms with Gasteiger partial charge in [-0.15, -0.1) is 0 Å². The average molecular weight is 639 g/mol. The molecule has 0 aliphatic carbocycles. The zero-order chi connectivity index (χ0) is 32.0. The lowest BCUT2D eigenvalue weighted by Gasteiger charge is -2.35. The Hall–Kier alpha value is -4.52. The van der Waals surface area contributed by atoms with Gasteiger partial charge >= 0.3 is 13.7 Å². The molecule has 2 fully saturated rings. The van der Waals surface area contributed by atoms with Crippen molar-refractivity contribution in [3.63, 3.8) is 0 Å². The lowest BCUT2D eigenvalue weighted by Crippen LogP contribution is -2.56. The highest BCUT2D eigenvalue weighted by Gasteiger charge is 2.37. The Morgan fingerprint density at radius 1 is 0.978 bits per heavy atom. The molecule has 3 aromatic rings. The smallest absolute Gasteiger partial charge is 0.407 e. The van der Waals surface area contributed by atoms with Crippen molar-refractivity contribution >= 4 is 31.3 Å². The summed E-state index contributed by atoms with van der Waals surface area (Å²) >= 11 is 0. The Labute approximate surface area is 260 Å². The van der Waals surface area contributed by atoms with Crippen LogP contribution in [-0.4, -0.2) is 112 Å². The molecule has 2 aromatic carbocycles. The highest BCUT2D eigenvalue weighted by Crippen LogP contribution is 2.43. The highest BCUT2D eigenvalue weighted by atomic mass is 31.2. The monoisotopic (exact) mass is 638 g/mol. The quantitative estimate of drug-likeness (QED) is 0.279. The number of carbonyl (C=O) groups is 3. The van der Waals surface area contributed by atoms with E-state index in [0.717, 1.165) is 6.42 Å². The minimum absolute atomic E-state index is 0.00401. The fourth-order valence-corrected chi connectivity index (χ4v) is 6.46. The second-order valence-electron chi connectivity index (χ2n) is 10.7. The van der Waals surface area contributed by atoms with Crippen LogP contribution in [0.4, 0.5) is 10.6 Å². The summed E-state index contributed by atoms with van der Waals surface area (Å²) in [4.78, 5) is 63.4. The normalized spacial score (nSPS) is 18.6. The molecule has 0 saturated carbocycles. The first-order chi connectivity index (χ1) is 21.6. The minimum Gasteiger partial charge on any atom is -0.465 e. The predicted molar refractivity (Wildman–Crippen MR) is 164 cm³/mol. The van der Waals surface area contributed by atoms with E-state index in [4.69, 9.17) is 14.2 Å². The number of piperazine rings is 1.